The number of ether oxygens (including phenoxy) is 1. The van der Waals surface area contributed by atoms with Gasteiger partial charge in [0.25, 0.3) is 0 Å². The van der Waals surface area contributed by atoms with Crippen LogP contribution in [0.4, 0.5) is 0 Å². The second-order valence-electron chi connectivity index (χ2n) is 4.61. The van der Waals surface area contributed by atoms with Crippen LogP contribution in [0, 0.1) is 5.92 Å². The van der Waals surface area contributed by atoms with Crippen molar-refractivity contribution in [3.63, 3.8) is 0 Å². The van der Waals surface area contributed by atoms with E-state index in [2.05, 4.69) is 34.8 Å². The molecule has 0 saturated carbocycles. The molecule has 1 N–H and O–H groups in total. The van der Waals surface area contributed by atoms with Crippen molar-refractivity contribution >= 4 is 27.3 Å². The molecule has 0 bridgehead atoms. The Kier molecular flexibility index (Phi) is 3.69. The van der Waals surface area contributed by atoms with Crippen molar-refractivity contribution in [3.05, 3.63) is 15.0 Å². The van der Waals surface area contributed by atoms with E-state index in [1.54, 1.807) is 5.51 Å². The lowest BCUT2D eigenvalue weighted by molar-refractivity contribution is -0.120. The third-order valence-electron chi connectivity index (χ3n) is 3.08. The van der Waals surface area contributed by atoms with Crippen LogP contribution in [-0.2, 0) is 10.3 Å². The van der Waals surface area contributed by atoms with Crippen LogP contribution in [0.3, 0.4) is 0 Å². The molecule has 0 spiro atoms. The number of halogens is 1. The monoisotopic (exact) mass is 305 g/mol. The smallest absolute Gasteiger partial charge is 0.123 e. The van der Waals surface area contributed by atoms with Crippen LogP contribution in [0.1, 0.15) is 31.6 Å². The quantitative estimate of drug-likeness (QED) is 0.913. The Morgan fingerprint density at radius 1 is 1.69 bits per heavy atom. The van der Waals surface area contributed by atoms with Crippen molar-refractivity contribution < 1.29 is 9.84 Å². The summed E-state index contributed by atoms with van der Waals surface area (Å²) in [5, 5.41) is 10.7. The molecule has 1 aromatic heterocycles. The Morgan fingerprint density at radius 3 is 3.00 bits per heavy atom. The fourth-order valence-electron chi connectivity index (χ4n) is 2.04. The zero-order valence-electron chi connectivity index (χ0n) is 9.44. The molecule has 2 atom stereocenters. The lowest BCUT2D eigenvalue weighted by Gasteiger charge is -2.38. The minimum atomic E-state index is -0.771. The van der Waals surface area contributed by atoms with Gasteiger partial charge < -0.3 is 9.84 Å². The molecule has 16 heavy (non-hydrogen) atoms. The molecule has 0 radical (unpaired) electrons. The van der Waals surface area contributed by atoms with Gasteiger partial charge in [0.2, 0.25) is 0 Å². The van der Waals surface area contributed by atoms with Gasteiger partial charge in [-0.3, -0.25) is 0 Å². The standard InChI is InChI=1S/C11H16BrNO2S/c1-7(2)8-5-11(14,3-4-15-8)9-10(12)13-6-16-9/h6-8,14H,3-5H2,1-2H3. The molecular formula is C11H16BrNO2S. The predicted molar refractivity (Wildman–Crippen MR) is 67.5 cm³/mol. The van der Waals surface area contributed by atoms with Crippen molar-refractivity contribution in [2.24, 2.45) is 5.92 Å². The number of hydrogen-bond donors (Lipinski definition) is 1. The molecule has 1 saturated heterocycles. The maximum absolute atomic E-state index is 10.7. The van der Waals surface area contributed by atoms with Gasteiger partial charge >= 0.3 is 0 Å². The molecule has 2 unspecified atom stereocenters. The fourth-order valence-corrected chi connectivity index (χ4v) is 3.75. The number of aliphatic hydroxyl groups is 1. The second-order valence-corrected chi connectivity index (χ2v) is 6.22. The zero-order valence-corrected chi connectivity index (χ0v) is 11.8. The highest BCUT2D eigenvalue weighted by molar-refractivity contribution is 9.10. The SMILES string of the molecule is CC(C)C1CC(O)(c2scnc2Br)CCO1. The summed E-state index contributed by atoms with van der Waals surface area (Å²) in [6.07, 6.45) is 1.44. The van der Waals surface area contributed by atoms with Crippen LogP contribution in [-0.4, -0.2) is 22.8 Å². The molecule has 0 aromatic carbocycles. The van der Waals surface area contributed by atoms with Crippen LogP contribution in [0.15, 0.2) is 10.1 Å². The van der Waals surface area contributed by atoms with Crippen molar-refractivity contribution in [1.29, 1.82) is 0 Å². The van der Waals surface area contributed by atoms with E-state index in [1.165, 1.54) is 11.3 Å². The van der Waals surface area contributed by atoms with E-state index in [9.17, 15) is 5.11 Å². The van der Waals surface area contributed by atoms with Crippen LogP contribution in [0.25, 0.3) is 0 Å². The van der Waals surface area contributed by atoms with Gasteiger partial charge in [-0.15, -0.1) is 11.3 Å². The van der Waals surface area contributed by atoms with E-state index in [4.69, 9.17) is 4.74 Å². The van der Waals surface area contributed by atoms with E-state index in [0.29, 0.717) is 25.4 Å². The molecule has 1 fully saturated rings. The highest BCUT2D eigenvalue weighted by atomic mass is 79.9. The largest absolute Gasteiger partial charge is 0.384 e. The summed E-state index contributed by atoms with van der Waals surface area (Å²) >= 11 is 4.90. The molecule has 2 heterocycles. The molecule has 90 valence electrons. The summed E-state index contributed by atoms with van der Waals surface area (Å²) in [4.78, 5) is 5.07. The summed E-state index contributed by atoms with van der Waals surface area (Å²) < 4.78 is 6.45. The van der Waals surface area contributed by atoms with Gasteiger partial charge in [0.15, 0.2) is 0 Å². The molecule has 1 aromatic rings. The van der Waals surface area contributed by atoms with Gasteiger partial charge in [-0.2, -0.15) is 0 Å². The fraction of sp³-hybridized carbons (Fsp3) is 0.727. The van der Waals surface area contributed by atoms with E-state index < -0.39 is 5.60 Å². The number of nitrogens with zero attached hydrogens (tertiary/aromatic N) is 1. The van der Waals surface area contributed by atoms with Gasteiger partial charge in [0.1, 0.15) is 10.2 Å². The Labute approximate surface area is 108 Å². The zero-order chi connectivity index (χ0) is 11.8. The highest BCUT2D eigenvalue weighted by Gasteiger charge is 2.40. The van der Waals surface area contributed by atoms with Gasteiger partial charge in [-0.05, 0) is 21.8 Å². The summed E-state index contributed by atoms with van der Waals surface area (Å²) in [5.41, 5.74) is 0.990. The van der Waals surface area contributed by atoms with Crippen LogP contribution >= 0.6 is 27.3 Å². The highest BCUT2D eigenvalue weighted by Crippen LogP contribution is 2.41. The predicted octanol–water partition coefficient (Wildman–Crippen LogP) is 2.93. The van der Waals surface area contributed by atoms with E-state index >= 15 is 0 Å². The van der Waals surface area contributed by atoms with Crippen molar-refractivity contribution in [2.45, 2.75) is 38.4 Å². The van der Waals surface area contributed by atoms with E-state index in [0.717, 1.165) is 9.48 Å². The molecule has 0 aliphatic carbocycles. The number of aromatic nitrogens is 1. The summed E-state index contributed by atoms with van der Waals surface area (Å²) in [5.74, 6) is 0.429. The Hall–Kier alpha value is 0.0300. The maximum Gasteiger partial charge on any atom is 0.123 e. The number of thiazole rings is 1. The molecule has 0 amide bonds. The molecule has 1 aliphatic rings. The summed E-state index contributed by atoms with van der Waals surface area (Å²) in [7, 11) is 0. The first kappa shape index (κ1) is 12.5. The van der Waals surface area contributed by atoms with Crippen LogP contribution < -0.4 is 0 Å². The second kappa shape index (κ2) is 4.72. The number of rotatable bonds is 2. The summed E-state index contributed by atoms with van der Waals surface area (Å²) in [6.45, 7) is 4.86. The van der Waals surface area contributed by atoms with Crippen LogP contribution in [0.2, 0.25) is 0 Å². The Morgan fingerprint density at radius 2 is 2.44 bits per heavy atom. The minimum Gasteiger partial charge on any atom is -0.384 e. The van der Waals surface area contributed by atoms with Crippen LogP contribution in [0.5, 0.6) is 0 Å². The topological polar surface area (TPSA) is 42.4 Å². The minimum absolute atomic E-state index is 0.132. The van der Waals surface area contributed by atoms with E-state index in [-0.39, 0.29) is 6.10 Å². The number of hydrogen-bond acceptors (Lipinski definition) is 4. The van der Waals surface area contributed by atoms with Crippen molar-refractivity contribution in [3.8, 4) is 0 Å². The van der Waals surface area contributed by atoms with Gasteiger partial charge in [0, 0.05) is 12.8 Å². The first-order valence-electron chi connectivity index (χ1n) is 5.46. The third-order valence-corrected chi connectivity index (χ3v) is 4.96. The first-order chi connectivity index (χ1) is 7.53. The molecule has 1 aliphatic heterocycles. The van der Waals surface area contributed by atoms with Gasteiger partial charge in [0.05, 0.1) is 23.1 Å². The van der Waals surface area contributed by atoms with Crippen molar-refractivity contribution in [2.75, 3.05) is 6.61 Å². The first-order valence-corrected chi connectivity index (χ1v) is 7.13. The lowest BCUT2D eigenvalue weighted by Crippen LogP contribution is -2.40. The molecular weight excluding hydrogens is 290 g/mol. The lowest BCUT2D eigenvalue weighted by atomic mass is 9.85. The average Bonchev–Trinajstić information content (AvgIpc) is 2.65. The van der Waals surface area contributed by atoms with Crippen molar-refractivity contribution in [1.82, 2.24) is 4.98 Å². The normalized spacial score (nSPS) is 30.9. The Balaban J connectivity index is 2.22. The average molecular weight is 306 g/mol. The van der Waals surface area contributed by atoms with E-state index in [1.807, 2.05) is 0 Å². The third kappa shape index (κ3) is 2.32. The van der Waals surface area contributed by atoms with Gasteiger partial charge in [-0.1, -0.05) is 13.8 Å². The summed E-state index contributed by atoms with van der Waals surface area (Å²) in [6, 6.07) is 0. The Bertz CT molecular complexity index is 369. The maximum atomic E-state index is 10.7. The molecule has 5 heteroatoms. The molecule has 3 nitrogen and oxygen atoms in total. The van der Waals surface area contributed by atoms with Gasteiger partial charge in [-0.25, -0.2) is 4.98 Å². The molecule has 2 rings (SSSR count).